The van der Waals surface area contributed by atoms with E-state index in [1.165, 1.54) is 12.1 Å². The standard InChI is InChI=1S/C20H29F2N5O.HI/c1-2-23-20(24-10-3-4-19(28)25-15-6-7-15)26-16-9-11-27(13-16)18-8-5-14(21)12-17(18)22;/h5,8,12,15-16H,2-4,6-7,9-11,13H2,1H3,(H,25,28)(H2,23,24,26);1H. The quantitative estimate of drug-likeness (QED) is 0.213. The summed E-state index contributed by atoms with van der Waals surface area (Å²) in [6.07, 6.45) is 4.22. The second-order valence-corrected chi connectivity index (χ2v) is 7.38. The van der Waals surface area contributed by atoms with E-state index < -0.39 is 11.6 Å². The molecule has 1 aliphatic carbocycles. The van der Waals surface area contributed by atoms with Gasteiger partial charge < -0.3 is 20.9 Å². The Morgan fingerprint density at radius 2 is 2.00 bits per heavy atom. The van der Waals surface area contributed by atoms with E-state index in [1.54, 1.807) is 0 Å². The maximum Gasteiger partial charge on any atom is 0.220 e. The number of nitrogens with one attached hydrogen (secondary N) is 3. The van der Waals surface area contributed by atoms with Gasteiger partial charge in [-0.05, 0) is 44.7 Å². The molecule has 2 aliphatic rings. The summed E-state index contributed by atoms with van der Waals surface area (Å²) in [6.45, 7) is 4.61. The molecule has 0 bridgehead atoms. The molecule has 0 aromatic heterocycles. The van der Waals surface area contributed by atoms with Crippen molar-refractivity contribution in [3.8, 4) is 0 Å². The van der Waals surface area contributed by atoms with Crippen LogP contribution in [-0.2, 0) is 4.79 Å². The van der Waals surface area contributed by atoms with Crippen LogP contribution < -0.4 is 20.9 Å². The third-order valence-electron chi connectivity index (χ3n) is 4.90. The summed E-state index contributed by atoms with van der Waals surface area (Å²) in [6, 6.07) is 4.20. The number of benzene rings is 1. The van der Waals surface area contributed by atoms with Crippen molar-refractivity contribution < 1.29 is 13.6 Å². The smallest absolute Gasteiger partial charge is 0.220 e. The number of aliphatic imine (C=N–C) groups is 1. The highest BCUT2D eigenvalue weighted by atomic mass is 127. The van der Waals surface area contributed by atoms with Crippen LogP contribution in [0.1, 0.15) is 39.0 Å². The number of amides is 1. The van der Waals surface area contributed by atoms with Gasteiger partial charge in [0, 0.05) is 50.7 Å². The summed E-state index contributed by atoms with van der Waals surface area (Å²) in [4.78, 5) is 18.2. The molecule has 6 nitrogen and oxygen atoms in total. The zero-order valence-corrected chi connectivity index (χ0v) is 19.0. The average molecular weight is 521 g/mol. The molecule has 3 rings (SSSR count). The molecule has 0 radical (unpaired) electrons. The minimum atomic E-state index is -0.567. The van der Waals surface area contributed by atoms with Gasteiger partial charge in [-0.3, -0.25) is 9.79 Å². The molecule has 0 spiro atoms. The van der Waals surface area contributed by atoms with Crippen molar-refractivity contribution in [2.45, 2.75) is 51.1 Å². The minimum Gasteiger partial charge on any atom is -0.367 e. The molecule has 1 amide bonds. The van der Waals surface area contributed by atoms with Gasteiger partial charge in [0.2, 0.25) is 5.91 Å². The number of nitrogens with zero attached hydrogens (tertiary/aromatic N) is 2. The normalized spacial score (nSPS) is 18.9. The van der Waals surface area contributed by atoms with Crippen molar-refractivity contribution in [2.75, 3.05) is 31.1 Å². The van der Waals surface area contributed by atoms with Gasteiger partial charge >= 0.3 is 0 Å². The summed E-state index contributed by atoms with van der Waals surface area (Å²) in [5, 5.41) is 9.56. The summed E-state index contributed by atoms with van der Waals surface area (Å²) < 4.78 is 27.1. The molecule has 1 saturated heterocycles. The average Bonchev–Trinajstić information content (AvgIpc) is 3.34. The highest BCUT2D eigenvalue weighted by Crippen LogP contribution is 2.24. The van der Waals surface area contributed by atoms with Gasteiger partial charge in [0.25, 0.3) is 0 Å². The predicted molar refractivity (Wildman–Crippen MR) is 122 cm³/mol. The molecule has 3 N–H and O–H groups in total. The number of hydrogen-bond donors (Lipinski definition) is 3. The minimum absolute atomic E-state index is 0. The van der Waals surface area contributed by atoms with E-state index in [-0.39, 0.29) is 35.9 Å². The van der Waals surface area contributed by atoms with Gasteiger partial charge in [-0.15, -0.1) is 24.0 Å². The highest BCUT2D eigenvalue weighted by Gasteiger charge is 2.25. The SMILES string of the molecule is CCNC(=NCCCC(=O)NC1CC1)NC1CCN(c2ccc(F)cc2F)C1.I. The van der Waals surface area contributed by atoms with Crippen molar-refractivity contribution in [3.05, 3.63) is 29.8 Å². The van der Waals surface area contributed by atoms with Crippen LogP contribution in [0, 0.1) is 11.6 Å². The first-order valence-electron chi connectivity index (χ1n) is 10.1. The molecule has 1 aromatic rings. The molecule has 2 fully saturated rings. The summed E-state index contributed by atoms with van der Waals surface area (Å²) in [5.41, 5.74) is 0.425. The molecular weight excluding hydrogens is 491 g/mol. The molecule has 1 unspecified atom stereocenters. The second kappa shape index (κ2) is 11.5. The van der Waals surface area contributed by atoms with Crippen LogP contribution in [0.5, 0.6) is 0 Å². The number of anilines is 1. The van der Waals surface area contributed by atoms with Crippen LogP contribution in [0.3, 0.4) is 0 Å². The van der Waals surface area contributed by atoms with Gasteiger partial charge in [-0.2, -0.15) is 0 Å². The fourth-order valence-electron chi connectivity index (χ4n) is 3.31. The van der Waals surface area contributed by atoms with Crippen LogP contribution in [-0.4, -0.2) is 50.1 Å². The molecule has 1 atom stereocenters. The van der Waals surface area contributed by atoms with Gasteiger partial charge in [0.1, 0.15) is 11.6 Å². The van der Waals surface area contributed by atoms with E-state index in [0.717, 1.165) is 31.9 Å². The third-order valence-corrected chi connectivity index (χ3v) is 4.90. The van der Waals surface area contributed by atoms with Crippen molar-refractivity contribution in [3.63, 3.8) is 0 Å². The zero-order valence-electron chi connectivity index (χ0n) is 16.7. The lowest BCUT2D eigenvalue weighted by atomic mass is 10.2. The molecule has 1 aromatic carbocycles. The highest BCUT2D eigenvalue weighted by molar-refractivity contribution is 14.0. The van der Waals surface area contributed by atoms with E-state index in [2.05, 4.69) is 20.9 Å². The van der Waals surface area contributed by atoms with Gasteiger partial charge in [0.05, 0.1) is 5.69 Å². The first-order valence-corrected chi connectivity index (χ1v) is 10.1. The zero-order chi connectivity index (χ0) is 19.9. The van der Waals surface area contributed by atoms with Gasteiger partial charge in [0.15, 0.2) is 5.96 Å². The van der Waals surface area contributed by atoms with Crippen molar-refractivity contribution >= 4 is 41.5 Å². The third kappa shape index (κ3) is 7.60. The first-order chi connectivity index (χ1) is 13.5. The lowest BCUT2D eigenvalue weighted by molar-refractivity contribution is -0.121. The second-order valence-electron chi connectivity index (χ2n) is 7.38. The number of halogens is 3. The Morgan fingerprint density at radius 1 is 1.21 bits per heavy atom. The topological polar surface area (TPSA) is 68.8 Å². The lowest BCUT2D eigenvalue weighted by Crippen LogP contribution is -2.44. The van der Waals surface area contributed by atoms with Crippen LogP contribution in [0.25, 0.3) is 0 Å². The molecule has 29 heavy (non-hydrogen) atoms. The van der Waals surface area contributed by atoms with Gasteiger partial charge in [-0.25, -0.2) is 8.78 Å². The molecule has 1 saturated carbocycles. The monoisotopic (exact) mass is 521 g/mol. The summed E-state index contributed by atoms with van der Waals surface area (Å²) >= 11 is 0. The van der Waals surface area contributed by atoms with Crippen molar-refractivity contribution in [2.24, 2.45) is 4.99 Å². The van der Waals surface area contributed by atoms with Crippen molar-refractivity contribution in [1.29, 1.82) is 0 Å². The van der Waals surface area contributed by atoms with Crippen molar-refractivity contribution in [1.82, 2.24) is 16.0 Å². The number of hydrogen-bond acceptors (Lipinski definition) is 3. The first kappa shape index (κ1) is 23.6. The largest absolute Gasteiger partial charge is 0.367 e. The van der Waals surface area contributed by atoms with Crippen LogP contribution >= 0.6 is 24.0 Å². The lowest BCUT2D eigenvalue weighted by Gasteiger charge is -2.21. The van der Waals surface area contributed by atoms with E-state index >= 15 is 0 Å². The molecular formula is C20H30F2IN5O. The number of guanidine groups is 1. The predicted octanol–water partition coefficient (Wildman–Crippen LogP) is 2.78. The fourth-order valence-corrected chi connectivity index (χ4v) is 3.31. The Kier molecular flexibility index (Phi) is 9.38. The summed E-state index contributed by atoms with van der Waals surface area (Å²) in [7, 11) is 0. The number of carbonyl (C=O) groups excluding carboxylic acids is 1. The van der Waals surface area contributed by atoms with E-state index in [0.29, 0.717) is 50.2 Å². The van der Waals surface area contributed by atoms with E-state index in [1.807, 2.05) is 11.8 Å². The van der Waals surface area contributed by atoms with Crippen LogP contribution in [0.15, 0.2) is 23.2 Å². The maximum atomic E-state index is 14.0. The van der Waals surface area contributed by atoms with E-state index in [9.17, 15) is 13.6 Å². The number of carbonyl (C=O) groups is 1. The van der Waals surface area contributed by atoms with Crippen LogP contribution in [0.2, 0.25) is 0 Å². The van der Waals surface area contributed by atoms with Crippen LogP contribution in [0.4, 0.5) is 14.5 Å². The molecule has 162 valence electrons. The fraction of sp³-hybridized carbons (Fsp3) is 0.600. The van der Waals surface area contributed by atoms with Gasteiger partial charge in [-0.1, -0.05) is 0 Å². The Balaban J connectivity index is 0.00000300. The molecule has 9 heteroatoms. The Bertz CT molecular complexity index is 714. The maximum absolute atomic E-state index is 14.0. The number of rotatable bonds is 8. The molecule has 1 aliphatic heterocycles. The summed E-state index contributed by atoms with van der Waals surface area (Å²) in [5.74, 6) is -0.298. The Morgan fingerprint density at radius 3 is 2.69 bits per heavy atom. The Labute approximate surface area is 187 Å². The van der Waals surface area contributed by atoms with E-state index in [4.69, 9.17) is 0 Å². The Hall–Kier alpha value is -1.65. The molecule has 1 heterocycles.